The topological polar surface area (TPSA) is 39.2 Å². The fourth-order valence-corrected chi connectivity index (χ4v) is 2.26. The average Bonchev–Trinajstić information content (AvgIpc) is 2.60. The maximum atomic E-state index is 11.5. The van der Waals surface area contributed by atoms with Gasteiger partial charge in [0.05, 0.1) is 22.4 Å². The standard InChI is InChI=1S/C10H8ClNO2S/c1-2-14-10(13)6-5-15-7-3-4-8(11)12-9(6)7/h3-5H,2H2,1H3. The molecular formula is C10H8ClNO2S. The van der Waals surface area contributed by atoms with Gasteiger partial charge in [-0.3, -0.25) is 0 Å². The van der Waals surface area contributed by atoms with E-state index in [1.54, 1.807) is 18.4 Å². The summed E-state index contributed by atoms with van der Waals surface area (Å²) in [4.78, 5) is 15.6. The Hall–Kier alpha value is -1.13. The van der Waals surface area contributed by atoms with Crippen LogP contribution in [0, 0.1) is 0 Å². The van der Waals surface area contributed by atoms with Crippen LogP contribution in [0.2, 0.25) is 5.15 Å². The van der Waals surface area contributed by atoms with Crippen LogP contribution >= 0.6 is 22.9 Å². The van der Waals surface area contributed by atoms with Gasteiger partial charge in [-0.15, -0.1) is 11.3 Å². The minimum atomic E-state index is -0.349. The van der Waals surface area contributed by atoms with Crippen LogP contribution < -0.4 is 0 Å². The smallest absolute Gasteiger partial charge is 0.341 e. The van der Waals surface area contributed by atoms with Crippen molar-refractivity contribution in [3.63, 3.8) is 0 Å². The molecule has 0 N–H and O–H groups in total. The summed E-state index contributed by atoms with van der Waals surface area (Å²) in [5.74, 6) is -0.349. The zero-order valence-corrected chi connectivity index (χ0v) is 9.56. The quantitative estimate of drug-likeness (QED) is 0.599. The largest absolute Gasteiger partial charge is 0.462 e. The molecule has 0 spiro atoms. The Morgan fingerprint density at radius 2 is 2.40 bits per heavy atom. The Balaban J connectivity index is 2.52. The third-order valence-corrected chi connectivity index (χ3v) is 3.03. The second-order valence-electron chi connectivity index (χ2n) is 2.85. The molecule has 0 aliphatic heterocycles. The highest BCUT2D eigenvalue weighted by molar-refractivity contribution is 7.17. The molecule has 0 saturated carbocycles. The summed E-state index contributed by atoms with van der Waals surface area (Å²) < 4.78 is 5.85. The predicted octanol–water partition coefficient (Wildman–Crippen LogP) is 3.13. The van der Waals surface area contributed by atoms with Gasteiger partial charge in [-0.25, -0.2) is 9.78 Å². The number of hydrogen-bond donors (Lipinski definition) is 0. The van der Waals surface area contributed by atoms with E-state index in [0.717, 1.165) is 4.70 Å². The number of ether oxygens (including phenoxy) is 1. The van der Waals surface area contributed by atoms with E-state index >= 15 is 0 Å². The van der Waals surface area contributed by atoms with E-state index in [2.05, 4.69) is 4.98 Å². The molecule has 2 aromatic heterocycles. The Kier molecular flexibility index (Phi) is 2.88. The Morgan fingerprint density at radius 1 is 1.60 bits per heavy atom. The highest BCUT2D eigenvalue weighted by Gasteiger charge is 2.14. The summed E-state index contributed by atoms with van der Waals surface area (Å²) >= 11 is 7.23. The van der Waals surface area contributed by atoms with Crippen LogP contribution in [-0.2, 0) is 4.74 Å². The second kappa shape index (κ2) is 4.16. The fraction of sp³-hybridized carbons (Fsp3) is 0.200. The average molecular weight is 242 g/mol. The summed E-state index contributed by atoms with van der Waals surface area (Å²) in [5, 5.41) is 2.12. The molecule has 0 atom stereocenters. The maximum absolute atomic E-state index is 11.5. The Labute approximate surface area is 95.6 Å². The lowest BCUT2D eigenvalue weighted by molar-refractivity contribution is 0.0529. The van der Waals surface area contributed by atoms with Gasteiger partial charge >= 0.3 is 5.97 Å². The lowest BCUT2D eigenvalue weighted by atomic mass is 10.3. The van der Waals surface area contributed by atoms with Crippen molar-refractivity contribution >= 4 is 39.1 Å². The van der Waals surface area contributed by atoms with E-state index in [0.29, 0.717) is 22.8 Å². The molecule has 2 heterocycles. The summed E-state index contributed by atoms with van der Waals surface area (Å²) in [6.45, 7) is 2.13. The van der Waals surface area contributed by atoms with Gasteiger partial charge in [0.15, 0.2) is 0 Å². The number of nitrogens with zero attached hydrogens (tertiary/aromatic N) is 1. The molecule has 0 radical (unpaired) electrons. The lowest BCUT2D eigenvalue weighted by Gasteiger charge is -1.99. The number of pyridine rings is 1. The predicted molar refractivity (Wildman–Crippen MR) is 60.6 cm³/mol. The molecule has 2 rings (SSSR count). The fourth-order valence-electron chi connectivity index (χ4n) is 1.24. The molecule has 2 aromatic rings. The lowest BCUT2D eigenvalue weighted by Crippen LogP contribution is -2.03. The number of halogens is 1. The van der Waals surface area contributed by atoms with Crippen molar-refractivity contribution in [1.29, 1.82) is 0 Å². The molecule has 0 saturated heterocycles. The molecular weight excluding hydrogens is 234 g/mol. The van der Waals surface area contributed by atoms with E-state index in [1.807, 2.05) is 6.07 Å². The van der Waals surface area contributed by atoms with Gasteiger partial charge in [0.2, 0.25) is 0 Å². The molecule has 15 heavy (non-hydrogen) atoms. The van der Waals surface area contributed by atoms with E-state index in [-0.39, 0.29) is 5.97 Å². The van der Waals surface area contributed by atoms with Crippen molar-refractivity contribution in [2.45, 2.75) is 6.92 Å². The molecule has 0 aromatic carbocycles. The Morgan fingerprint density at radius 3 is 3.13 bits per heavy atom. The number of hydrogen-bond acceptors (Lipinski definition) is 4. The normalized spacial score (nSPS) is 10.5. The number of fused-ring (bicyclic) bond motifs is 1. The van der Waals surface area contributed by atoms with Gasteiger partial charge < -0.3 is 4.74 Å². The van der Waals surface area contributed by atoms with Crippen LogP contribution in [0.5, 0.6) is 0 Å². The van der Waals surface area contributed by atoms with Crippen molar-refractivity contribution in [3.05, 3.63) is 28.2 Å². The van der Waals surface area contributed by atoms with E-state index < -0.39 is 0 Å². The molecule has 5 heteroatoms. The third kappa shape index (κ3) is 1.96. The van der Waals surface area contributed by atoms with Gasteiger partial charge in [0.1, 0.15) is 5.15 Å². The molecule has 0 amide bonds. The van der Waals surface area contributed by atoms with Gasteiger partial charge in [0.25, 0.3) is 0 Å². The molecule has 78 valence electrons. The van der Waals surface area contributed by atoms with Crippen molar-refractivity contribution in [2.75, 3.05) is 6.61 Å². The van der Waals surface area contributed by atoms with E-state index in [9.17, 15) is 4.79 Å². The van der Waals surface area contributed by atoms with Crippen LogP contribution in [0.25, 0.3) is 10.2 Å². The zero-order chi connectivity index (χ0) is 10.8. The molecule has 3 nitrogen and oxygen atoms in total. The molecule has 0 unspecified atom stereocenters. The first kappa shape index (κ1) is 10.4. The van der Waals surface area contributed by atoms with Gasteiger partial charge in [-0.05, 0) is 19.1 Å². The number of esters is 1. The Bertz CT molecular complexity index is 509. The van der Waals surface area contributed by atoms with Gasteiger partial charge in [0, 0.05) is 5.38 Å². The van der Waals surface area contributed by atoms with Gasteiger partial charge in [-0.2, -0.15) is 0 Å². The summed E-state index contributed by atoms with van der Waals surface area (Å²) in [7, 11) is 0. The highest BCUT2D eigenvalue weighted by Crippen LogP contribution is 2.26. The van der Waals surface area contributed by atoms with E-state index in [4.69, 9.17) is 16.3 Å². The number of rotatable bonds is 2. The number of carbonyl (C=O) groups is 1. The number of carbonyl (C=O) groups excluding carboxylic acids is 1. The van der Waals surface area contributed by atoms with Crippen LogP contribution in [-0.4, -0.2) is 17.6 Å². The monoisotopic (exact) mass is 241 g/mol. The number of aromatic nitrogens is 1. The summed E-state index contributed by atoms with van der Waals surface area (Å²) in [6, 6.07) is 3.55. The maximum Gasteiger partial charge on any atom is 0.341 e. The zero-order valence-electron chi connectivity index (χ0n) is 7.99. The van der Waals surface area contributed by atoms with Crippen LogP contribution in [0.4, 0.5) is 0 Å². The van der Waals surface area contributed by atoms with Crippen molar-refractivity contribution in [1.82, 2.24) is 4.98 Å². The first-order valence-corrected chi connectivity index (χ1v) is 5.69. The highest BCUT2D eigenvalue weighted by atomic mass is 35.5. The minimum absolute atomic E-state index is 0.349. The second-order valence-corrected chi connectivity index (χ2v) is 4.15. The SMILES string of the molecule is CCOC(=O)c1csc2ccc(Cl)nc12. The van der Waals surface area contributed by atoms with Crippen LogP contribution in [0.3, 0.4) is 0 Å². The first-order valence-electron chi connectivity index (χ1n) is 4.43. The summed E-state index contributed by atoms with van der Waals surface area (Å²) in [6.07, 6.45) is 0. The molecule has 0 aliphatic rings. The minimum Gasteiger partial charge on any atom is -0.462 e. The molecule has 0 fully saturated rings. The number of thiophene rings is 1. The molecule has 0 bridgehead atoms. The summed E-state index contributed by atoms with van der Waals surface area (Å²) in [5.41, 5.74) is 1.10. The van der Waals surface area contributed by atoms with Crippen molar-refractivity contribution < 1.29 is 9.53 Å². The first-order chi connectivity index (χ1) is 7.22. The van der Waals surface area contributed by atoms with Crippen molar-refractivity contribution in [3.8, 4) is 0 Å². The van der Waals surface area contributed by atoms with Crippen LogP contribution in [0.15, 0.2) is 17.5 Å². The van der Waals surface area contributed by atoms with Gasteiger partial charge in [-0.1, -0.05) is 11.6 Å². The van der Waals surface area contributed by atoms with E-state index in [1.165, 1.54) is 11.3 Å². The van der Waals surface area contributed by atoms with Crippen molar-refractivity contribution in [2.24, 2.45) is 0 Å². The van der Waals surface area contributed by atoms with Crippen LogP contribution in [0.1, 0.15) is 17.3 Å². The molecule has 0 aliphatic carbocycles. The third-order valence-electron chi connectivity index (χ3n) is 1.88.